The van der Waals surface area contributed by atoms with Crippen molar-refractivity contribution in [1.29, 1.82) is 0 Å². The lowest BCUT2D eigenvalue weighted by atomic mass is 10.0. The van der Waals surface area contributed by atoms with Crippen molar-refractivity contribution in [2.45, 2.75) is 6.61 Å². The molecular formula is C21H15FO. The smallest absolute Gasteiger partial charge is 0.128 e. The molecule has 0 spiro atoms. The van der Waals surface area contributed by atoms with Crippen molar-refractivity contribution in [2.24, 2.45) is 0 Å². The summed E-state index contributed by atoms with van der Waals surface area (Å²) in [5.41, 5.74) is 3.37. The highest BCUT2D eigenvalue weighted by atomic mass is 19.1. The first-order valence-corrected chi connectivity index (χ1v) is 7.29. The molecule has 0 amide bonds. The SMILES string of the molecule is C#Cc1ccc(-c2cccc(F)c2)c(OCc2ccccc2)c1. The number of hydrogen-bond acceptors (Lipinski definition) is 1. The maximum Gasteiger partial charge on any atom is 0.128 e. The summed E-state index contributed by atoms with van der Waals surface area (Å²) < 4.78 is 19.4. The Hall–Kier alpha value is -3.05. The highest BCUT2D eigenvalue weighted by Gasteiger charge is 2.09. The fraction of sp³-hybridized carbons (Fsp3) is 0.0476. The van der Waals surface area contributed by atoms with E-state index in [0.29, 0.717) is 12.4 Å². The summed E-state index contributed by atoms with van der Waals surface area (Å²) in [4.78, 5) is 0. The summed E-state index contributed by atoms with van der Waals surface area (Å²) in [6.07, 6.45) is 5.47. The van der Waals surface area contributed by atoms with E-state index in [2.05, 4.69) is 5.92 Å². The van der Waals surface area contributed by atoms with Crippen LogP contribution in [-0.4, -0.2) is 0 Å². The van der Waals surface area contributed by atoms with E-state index in [0.717, 1.165) is 22.3 Å². The van der Waals surface area contributed by atoms with Crippen LogP contribution in [0.15, 0.2) is 72.8 Å². The molecule has 2 heteroatoms. The number of halogens is 1. The zero-order valence-electron chi connectivity index (χ0n) is 12.5. The van der Waals surface area contributed by atoms with Crippen molar-refractivity contribution in [1.82, 2.24) is 0 Å². The fourth-order valence-electron chi connectivity index (χ4n) is 2.36. The molecule has 0 aliphatic carbocycles. The Morgan fingerprint density at radius 2 is 1.74 bits per heavy atom. The molecule has 1 nitrogen and oxygen atoms in total. The van der Waals surface area contributed by atoms with Gasteiger partial charge >= 0.3 is 0 Å². The quantitative estimate of drug-likeness (QED) is 0.613. The van der Waals surface area contributed by atoms with Crippen LogP contribution in [0.4, 0.5) is 4.39 Å². The lowest BCUT2D eigenvalue weighted by molar-refractivity contribution is 0.307. The number of rotatable bonds is 4. The molecule has 0 heterocycles. The number of benzene rings is 3. The van der Waals surface area contributed by atoms with Gasteiger partial charge in [0.1, 0.15) is 18.2 Å². The average Bonchev–Trinajstić information content (AvgIpc) is 2.60. The van der Waals surface area contributed by atoms with E-state index in [1.165, 1.54) is 12.1 Å². The minimum Gasteiger partial charge on any atom is -0.488 e. The molecule has 0 fully saturated rings. The van der Waals surface area contributed by atoms with Crippen LogP contribution in [0, 0.1) is 18.2 Å². The van der Waals surface area contributed by atoms with Crippen molar-refractivity contribution in [2.75, 3.05) is 0 Å². The van der Waals surface area contributed by atoms with Gasteiger partial charge < -0.3 is 4.74 Å². The van der Waals surface area contributed by atoms with Gasteiger partial charge in [-0.25, -0.2) is 4.39 Å². The number of ether oxygens (including phenoxy) is 1. The highest BCUT2D eigenvalue weighted by Crippen LogP contribution is 2.32. The van der Waals surface area contributed by atoms with Crippen LogP contribution in [0.2, 0.25) is 0 Å². The Labute approximate surface area is 135 Å². The Kier molecular flexibility index (Phi) is 4.40. The van der Waals surface area contributed by atoms with Gasteiger partial charge in [0, 0.05) is 11.1 Å². The molecule has 3 rings (SSSR count). The van der Waals surface area contributed by atoms with Crippen LogP contribution in [0.1, 0.15) is 11.1 Å². The molecule has 0 radical (unpaired) electrons. The molecule has 0 N–H and O–H groups in total. The summed E-state index contributed by atoms with van der Waals surface area (Å²) in [5, 5.41) is 0. The van der Waals surface area contributed by atoms with Crippen LogP contribution in [-0.2, 0) is 6.61 Å². The molecule has 3 aromatic rings. The van der Waals surface area contributed by atoms with E-state index in [4.69, 9.17) is 11.2 Å². The summed E-state index contributed by atoms with van der Waals surface area (Å²) in [6.45, 7) is 0.428. The lowest BCUT2D eigenvalue weighted by Gasteiger charge is -2.13. The predicted molar refractivity (Wildman–Crippen MR) is 90.5 cm³/mol. The molecule has 0 aliphatic rings. The van der Waals surface area contributed by atoms with E-state index < -0.39 is 0 Å². The Bertz CT molecular complexity index is 847. The molecule has 0 saturated heterocycles. The van der Waals surface area contributed by atoms with E-state index in [-0.39, 0.29) is 5.82 Å². The fourth-order valence-corrected chi connectivity index (χ4v) is 2.36. The maximum absolute atomic E-state index is 13.5. The first kappa shape index (κ1) is 14.9. The minimum atomic E-state index is -0.280. The Morgan fingerprint density at radius 3 is 2.48 bits per heavy atom. The summed E-state index contributed by atoms with van der Waals surface area (Å²) >= 11 is 0. The van der Waals surface area contributed by atoms with Gasteiger partial charge in [-0.3, -0.25) is 0 Å². The van der Waals surface area contributed by atoms with E-state index in [9.17, 15) is 4.39 Å². The van der Waals surface area contributed by atoms with Gasteiger partial charge in [0.05, 0.1) is 0 Å². The van der Waals surface area contributed by atoms with Crippen LogP contribution in [0.3, 0.4) is 0 Å². The number of terminal acetylenes is 1. The van der Waals surface area contributed by atoms with Crippen molar-refractivity contribution in [3.63, 3.8) is 0 Å². The third-order valence-corrected chi connectivity index (χ3v) is 3.52. The van der Waals surface area contributed by atoms with Crippen molar-refractivity contribution >= 4 is 0 Å². The van der Waals surface area contributed by atoms with Gasteiger partial charge in [0.2, 0.25) is 0 Å². The molecule has 0 saturated carbocycles. The Morgan fingerprint density at radius 1 is 0.913 bits per heavy atom. The topological polar surface area (TPSA) is 9.23 Å². The molecule has 23 heavy (non-hydrogen) atoms. The van der Waals surface area contributed by atoms with Gasteiger partial charge in [-0.1, -0.05) is 48.4 Å². The zero-order valence-corrected chi connectivity index (χ0v) is 12.5. The third kappa shape index (κ3) is 3.59. The Balaban J connectivity index is 1.95. The molecular weight excluding hydrogens is 287 g/mol. The number of hydrogen-bond donors (Lipinski definition) is 0. The van der Waals surface area contributed by atoms with E-state index in [1.54, 1.807) is 6.07 Å². The molecule has 0 atom stereocenters. The molecule has 0 bridgehead atoms. The molecule has 0 aliphatic heterocycles. The maximum atomic E-state index is 13.5. The van der Waals surface area contributed by atoms with E-state index in [1.807, 2.05) is 54.6 Å². The monoisotopic (exact) mass is 302 g/mol. The predicted octanol–water partition coefficient (Wildman–Crippen LogP) is 5.05. The first-order valence-electron chi connectivity index (χ1n) is 7.29. The molecule has 112 valence electrons. The second-order valence-electron chi connectivity index (χ2n) is 5.14. The molecule has 0 aromatic heterocycles. The highest BCUT2D eigenvalue weighted by molar-refractivity contribution is 5.71. The zero-order chi connectivity index (χ0) is 16.1. The largest absolute Gasteiger partial charge is 0.488 e. The van der Waals surface area contributed by atoms with Gasteiger partial charge in [0.25, 0.3) is 0 Å². The lowest BCUT2D eigenvalue weighted by Crippen LogP contribution is -1.97. The second-order valence-corrected chi connectivity index (χ2v) is 5.14. The molecule has 0 unspecified atom stereocenters. The van der Waals surface area contributed by atoms with Gasteiger partial charge in [-0.2, -0.15) is 0 Å². The van der Waals surface area contributed by atoms with Crippen LogP contribution < -0.4 is 4.74 Å². The van der Waals surface area contributed by atoms with Crippen molar-refractivity contribution in [3.8, 4) is 29.2 Å². The summed E-state index contributed by atoms with van der Waals surface area (Å²) in [5.74, 6) is 2.97. The van der Waals surface area contributed by atoms with Gasteiger partial charge in [-0.15, -0.1) is 6.42 Å². The normalized spacial score (nSPS) is 10.1. The van der Waals surface area contributed by atoms with Crippen molar-refractivity contribution < 1.29 is 9.13 Å². The van der Waals surface area contributed by atoms with Gasteiger partial charge in [-0.05, 0) is 41.5 Å². The minimum absolute atomic E-state index is 0.280. The summed E-state index contributed by atoms with van der Waals surface area (Å²) in [6, 6.07) is 21.8. The van der Waals surface area contributed by atoms with Gasteiger partial charge in [0.15, 0.2) is 0 Å². The van der Waals surface area contributed by atoms with Crippen LogP contribution in [0.5, 0.6) is 5.75 Å². The standard InChI is InChI=1S/C21H15FO/c1-2-16-11-12-20(18-9-6-10-19(22)14-18)21(13-16)23-15-17-7-4-3-5-8-17/h1,3-14H,15H2. The molecule has 3 aromatic carbocycles. The van der Waals surface area contributed by atoms with E-state index >= 15 is 0 Å². The second kappa shape index (κ2) is 6.81. The first-order chi connectivity index (χ1) is 11.3. The third-order valence-electron chi connectivity index (χ3n) is 3.52. The summed E-state index contributed by atoms with van der Waals surface area (Å²) in [7, 11) is 0. The van der Waals surface area contributed by atoms with Crippen LogP contribution in [0.25, 0.3) is 11.1 Å². The van der Waals surface area contributed by atoms with Crippen LogP contribution >= 0.6 is 0 Å². The average molecular weight is 302 g/mol. The van der Waals surface area contributed by atoms with Crippen molar-refractivity contribution in [3.05, 3.63) is 89.7 Å².